The molecule has 2 aromatic carbocycles. The van der Waals surface area contributed by atoms with Gasteiger partial charge in [0.25, 0.3) is 0 Å². The summed E-state index contributed by atoms with van der Waals surface area (Å²) in [6, 6.07) is 19.2. The number of carbonyl (C=O) groups is 1. The van der Waals surface area contributed by atoms with E-state index in [9.17, 15) is 9.90 Å². The van der Waals surface area contributed by atoms with Gasteiger partial charge in [-0.05, 0) is 5.56 Å². The van der Waals surface area contributed by atoms with E-state index in [4.69, 9.17) is 0 Å². The Morgan fingerprint density at radius 3 is 2.33 bits per heavy atom. The molecule has 0 heterocycles. The second-order valence-corrected chi connectivity index (χ2v) is 3.79. The minimum atomic E-state index is -0.505. The third kappa shape index (κ3) is 3.33. The molecule has 2 aromatic rings. The molecule has 0 aliphatic carbocycles. The van der Waals surface area contributed by atoms with Crippen molar-refractivity contribution in [2.45, 2.75) is 5.92 Å². The van der Waals surface area contributed by atoms with Gasteiger partial charge in [0.05, 0.1) is 5.78 Å². The van der Waals surface area contributed by atoms with E-state index in [2.05, 4.69) is 6.07 Å². The van der Waals surface area contributed by atoms with Crippen molar-refractivity contribution >= 4 is 5.78 Å². The van der Waals surface area contributed by atoms with E-state index in [0.717, 1.165) is 5.56 Å². The first-order valence-electron chi connectivity index (χ1n) is 5.49. The number of rotatable bonds is 4. The zero-order valence-corrected chi connectivity index (χ0v) is 10.3. The van der Waals surface area contributed by atoms with Crippen LogP contribution in [0.4, 0.5) is 0 Å². The molecule has 1 atom stereocenters. The fraction of sp³-hybridized carbons (Fsp3) is 0.133. The van der Waals surface area contributed by atoms with Gasteiger partial charge >= 0.3 is 18.9 Å². The Bertz CT molecular complexity index is 482. The summed E-state index contributed by atoms with van der Waals surface area (Å²) in [6.07, 6.45) is 0. The van der Waals surface area contributed by atoms with Crippen molar-refractivity contribution in [2.24, 2.45) is 0 Å². The van der Waals surface area contributed by atoms with Gasteiger partial charge in [0.2, 0.25) is 0 Å². The predicted molar refractivity (Wildman–Crippen MR) is 65.9 cm³/mol. The molecule has 0 bridgehead atoms. The van der Waals surface area contributed by atoms with Crippen LogP contribution in [0, 0.1) is 6.07 Å². The second-order valence-electron chi connectivity index (χ2n) is 3.79. The molecule has 1 unspecified atom stereocenters. The molecule has 1 N–H and O–H groups in total. The molecular formula is C15H13LiO2. The largest absolute Gasteiger partial charge is 1.00 e. The number of aliphatic hydroxyl groups is 1. The molecule has 2 rings (SSSR count). The zero-order valence-electron chi connectivity index (χ0n) is 10.3. The van der Waals surface area contributed by atoms with Gasteiger partial charge in [-0.2, -0.15) is 0 Å². The number of hydrogen-bond donors (Lipinski definition) is 1. The number of Topliss-reactive ketones (excluding diaryl/α,β-unsaturated/α-hetero) is 1. The van der Waals surface area contributed by atoms with Crippen molar-refractivity contribution in [3.8, 4) is 0 Å². The number of hydrogen-bond acceptors (Lipinski definition) is 2. The van der Waals surface area contributed by atoms with Crippen LogP contribution in [0.5, 0.6) is 0 Å². The van der Waals surface area contributed by atoms with Crippen molar-refractivity contribution in [3.05, 3.63) is 71.8 Å². The van der Waals surface area contributed by atoms with Crippen LogP contribution < -0.4 is 18.9 Å². The smallest absolute Gasteiger partial charge is 0.396 e. The summed E-state index contributed by atoms with van der Waals surface area (Å²) in [5.74, 6) is -0.603. The minimum absolute atomic E-state index is 0. The van der Waals surface area contributed by atoms with Gasteiger partial charge in [-0.1, -0.05) is 30.3 Å². The number of ketones is 1. The van der Waals surface area contributed by atoms with E-state index in [0.29, 0.717) is 5.56 Å². The molecule has 0 aliphatic heterocycles. The minimum Gasteiger partial charge on any atom is -0.396 e. The molecule has 0 aliphatic rings. The van der Waals surface area contributed by atoms with Gasteiger partial charge in [0.1, 0.15) is 0 Å². The molecule has 3 heteroatoms. The standard InChI is InChI=1S/C15H13O2.Li/c16-11-14(12-7-3-1-4-8-12)15(17)13-9-5-2-6-10-13;/h1-9,14,16H,11H2;/q-1;+1. The van der Waals surface area contributed by atoms with Crippen LogP contribution in [-0.4, -0.2) is 17.5 Å². The van der Waals surface area contributed by atoms with Gasteiger partial charge in [0.15, 0.2) is 0 Å². The molecule has 86 valence electrons. The summed E-state index contributed by atoms with van der Waals surface area (Å²) < 4.78 is 0. The molecule has 0 fully saturated rings. The first-order valence-corrected chi connectivity index (χ1v) is 5.49. The summed E-state index contributed by atoms with van der Waals surface area (Å²) in [4.78, 5) is 12.2. The van der Waals surface area contributed by atoms with Crippen LogP contribution in [-0.2, 0) is 0 Å². The maximum absolute atomic E-state index is 12.2. The normalized spacial score (nSPS) is 11.4. The van der Waals surface area contributed by atoms with Crippen LogP contribution in [0.15, 0.2) is 54.6 Å². The van der Waals surface area contributed by atoms with Gasteiger partial charge in [-0.3, -0.25) is 0 Å². The fourth-order valence-electron chi connectivity index (χ4n) is 1.76. The molecule has 0 saturated carbocycles. The molecule has 2 nitrogen and oxygen atoms in total. The second kappa shape index (κ2) is 7.18. The monoisotopic (exact) mass is 232 g/mol. The maximum atomic E-state index is 12.2. The number of aliphatic hydroxyl groups excluding tert-OH is 1. The molecule has 18 heavy (non-hydrogen) atoms. The molecule has 0 radical (unpaired) electrons. The molecular weight excluding hydrogens is 219 g/mol. The van der Waals surface area contributed by atoms with Gasteiger partial charge < -0.3 is 9.90 Å². The Kier molecular flexibility index (Phi) is 5.87. The third-order valence-corrected chi connectivity index (χ3v) is 2.68. The van der Waals surface area contributed by atoms with E-state index in [1.807, 2.05) is 36.4 Å². The summed E-state index contributed by atoms with van der Waals surface area (Å²) in [5.41, 5.74) is 1.34. The van der Waals surface area contributed by atoms with E-state index in [1.165, 1.54) is 0 Å². The molecule has 0 amide bonds. The third-order valence-electron chi connectivity index (χ3n) is 2.68. The van der Waals surface area contributed by atoms with Crippen molar-refractivity contribution in [2.75, 3.05) is 6.61 Å². The Morgan fingerprint density at radius 2 is 1.78 bits per heavy atom. The van der Waals surface area contributed by atoms with Crippen LogP contribution in [0.2, 0.25) is 0 Å². The van der Waals surface area contributed by atoms with E-state index < -0.39 is 5.92 Å². The number of carbonyl (C=O) groups excluding carboxylic acids is 1. The molecule has 0 aromatic heterocycles. The van der Waals surface area contributed by atoms with Crippen molar-refractivity contribution in [1.82, 2.24) is 0 Å². The van der Waals surface area contributed by atoms with Gasteiger partial charge in [-0.15, -0.1) is 35.9 Å². The van der Waals surface area contributed by atoms with Gasteiger partial charge in [-0.25, -0.2) is 0 Å². The quantitative estimate of drug-likeness (QED) is 0.436. The van der Waals surface area contributed by atoms with Crippen molar-refractivity contribution in [3.63, 3.8) is 0 Å². The first kappa shape index (κ1) is 14.7. The summed E-state index contributed by atoms with van der Waals surface area (Å²) in [6.45, 7) is -0.189. The summed E-state index contributed by atoms with van der Waals surface area (Å²) in [5, 5.41) is 9.38. The topological polar surface area (TPSA) is 37.3 Å². The predicted octanol–water partition coefficient (Wildman–Crippen LogP) is -0.550. The van der Waals surface area contributed by atoms with Crippen molar-refractivity contribution < 1.29 is 28.8 Å². The number of benzene rings is 2. The zero-order chi connectivity index (χ0) is 12.1. The Balaban J connectivity index is 0.00000162. The average molecular weight is 232 g/mol. The molecule has 0 spiro atoms. The summed E-state index contributed by atoms with van der Waals surface area (Å²) in [7, 11) is 0. The van der Waals surface area contributed by atoms with E-state index >= 15 is 0 Å². The Labute approximate surface area is 119 Å². The molecule has 0 saturated heterocycles. The van der Waals surface area contributed by atoms with Crippen LogP contribution >= 0.6 is 0 Å². The average Bonchev–Trinajstić information content (AvgIpc) is 2.42. The fourth-order valence-corrected chi connectivity index (χ4v) is 1.76. The van der Waals surface area contributed by atoms with Crippen LogP contribution in [0.1, 0.15) is 21.8 Å². The van der Waals surface area contributed by atoms with Crippen molar-refractivity contribution in [1.29, 1.82) is 0 Å². The van der Waals surface area contributed by atoms with Crippen LogP contribution in [0.3, 0.4) is 0 Å². The summed E-state index contributed by atoms with van der Waals surface area (Å²) >= 11 is 0. The SMILES string of the molecule is O=C(c1[c-]cccc1)C(CO)c1ccccc1.[Li+]. The Morgan fingerprint density at radius 1 is 1.11 bits per heavy atom. The van der Waals surface area contributed by atoms with E-state index in [1.54, 1.807) is 18.2 Å². The van der Waals surface area contributed by atoms with E-state index in [-0.39, 0.29) is 31.3 Å². The Hall–Kier alpha value is -1.33. The first-order chi connectivity index (χ1) is 8.33. The van der Waals surface area contributed by atoms with Crippen LogP contribution in [0.25, 0.3) is 0 Å². The van der Waals surface area contributed by atoms with Gasteiger partial charge in [0, 0.05) is 12.5 Å². The maximum Gasteiger partial charge on any atom is 1.00 e.